The first-order valence-electron chi connectivity index (χ1n) is 12.2. The molecule has 1 aromatic carbocycles. The lowest BCUT2D eigenvalue weighted by molar-refractivity contribution is -0.145. The molecular weight excluding hydrogens is 507 g/mol. The second kappa shape index (κ2) is 13.5. The van der Waals surface area contributed by atoms with Crippen molar-refractivity contribution in [1.29, 1.82) is 0 Å². The number of ether oxygens (including phenoxy) is 1. The fourth-order valence-electron chi connectivity index (χ4n) is 4.34. The van der Waals surface area contributed by atoms with Gasteiger partial charge in [-0.3, -0.25) is 23.1 Å². The summed E-state index contributed by atoms with van der Waals surface area (Å²) in [7, 11) is -6.30. The molecule has 0 saturated heterocycles. The van der Waals surface area contributed by atoms with Crippen molar-refractivity contribution in [1.82, 2.24) is 0 Å². The number of benzene rings is 1. The lowest BCUT2D eigenvalue weighted by atomic mass is 9.87. The summed E-state index contributed by atoms with van der Waals surface area (Å²) in [5.74, 6) is -1.87. The van der Waals surface area contributed by atoms with Gasteiger partial charge in [0.25, 0.3) is 0 Å². The van der Waals surface area contributed by atoms with Crippen molar-refractivity contribution in [3.63, 3.8) is 0 Å². The molecule has 0 amide bonds. The van der Waals surface area contributed by atoms with Gasteiger partial charge in [-0.15, -0.1) is 0 Å². The number of rotatable bonds is 15. The van der Waals surface area contributed by atoms with Gasteiger partial charge in [0.1, 0.15) is 17.7 Å². The van der Waals surface area contributed by atoms with Crippen molar-refractivity contribution in [3.05, 3.63) is 42.5 Å². The molecule has 2 N–H and O–H groups in total. The molecule has 3 rings (SSSR count). The van der Waals surface area contributed by atoms with Crippen LogP contribution in [0.2, 0.25) is 0 Å². The van der Waals surface area contributed by atoms with Crippen molar-refractivity contribution < 1.29 is 42.2 Å². The number of phosphoric acid groups is 1. The molecule has 36 heavy (non-hydrogen) atoms. The topological polar surface area (TPSA) is 144 Å². The van der Waals surface area contributed by atoms with Gasteiger partial charge in [0.2, 0.25) is 0 Å². The van der Waals surface area contributed by atoms with Crippen molar-refractivity contribution in [2.24, 2.45) is 11.8 Å². The maximum absolute atomic E-state index is 12.6. The van der Waals surface area contributed by atoms with E-state index < -0.39 is 36.6 Å². The molecule has 0 radical (unpaired) electrons. The predicted octanol–water partition coefficient (Wildman–Crippen LogP) is 3.65. The summed E-state index contributed by atoms with van der Waals surface area (Å²) in [4.78, 5) is 55.9. The van der Waals surface area contributed by atoms with Crippen molar-refractivity contribution in [3.8, 4) is 0 Å². The Labute approximate surface area is 213 Å². The smallest absolute Gasteiger partial charge is 0.462 e. The second-order valence-electron chi connectivity index (χ2n) is 9.24. The van der Waals surface area contributed by atoms with Gasteiger partial charge in [-0.25, -0.2) is 4.57 Å². The molecule has 0 aliphatic heterocycles. The number of allylic oxidation sites excluding steroid dienone is 2. The van der Waals surface area contributed by atoms with E-state index in [0.717, 1.165) is 12.8 Å². The number of unbranched alkanes of at least 4 members (excludes halogenated alkanes) is 1. The Morgan fingerprint density at radius 1 is 1.11 bits per heavy atom. The van der Waals surface area contributed by atoms with E-state index in [1.165, 1.54) is 0 Å². The lowest BCUT2D eigenvalue weighted by Gasteiger charge is -2.23. The van der Waals surface area contributed by atoms with Gasteiger partial charge >= 0.3 is 13.8 Å². The average molecular weight is 541 g/mol. The zero-order valence-corrected chi connectivity index (χ0v) is 21.7. The largest absolute Gasteiger partial charge is 0.469 e. The molecule has 1 aromatic rings. The highest BCUT2D eigenvalue weighted by molar-refractivity contribution is 7.85. The predicted molar refractivity (Wildman–Crippen MR) is 132 cm³/mol. The first-order chi connectivity index (χ1) is 17.1. The Hall–Kier alpha value is -1.97. The Kier molecular flexibility index (Phi) is 10.8. The van der Waals surface area contributed by atoms with Crippen LogP contribution >= 0.6 is 7.82 Å². The molecule has 0 bridgehead atoms. The highest BCUT2D eigenvalue weighted by Gasteiger charge is 2.44. The van der Waals surface area contributed by atoms with Gasteiger partial charge in [0.15, 0.2) is 0 Å². The van der Waals surface area contributed by atoms with Crippen LogP contribution in [0.15, 0.2) is 47.4 Å². The maximum atomic E-state index is 12.6. The summed E-state index contributed by atoms with van der Waals surface area (Å²) in [5.41, 5.74) is 0. The monoisotopic (exact) mass is 540 g/mol. The highest BCUT2D eigenvalue weighted by atomic mass is 32.2. The first kappa shape index (κ1) is 28.6. The Morgan fingerprint density at radius 3 is 2.50 bits per heavy atom. The minimum absolute atomic E-state index is 0.0286. The molecule has 2 aliphatic carbocycles. The molecule has 198 valence electrons. The summed E-state index contributed by atoms with van der Waals surface area (Å²) in [6, 6.07) is 8.63. The van der Waals surface area contributed by atoms with Crippen LogP contribution in [-0.2, 0) is 39.0 Å². The molecule has 0 heterocycles. The van der Waals surface area contributed by atoms with Crippen LogP contribution in [0.25, 0.3) is 0 Å². The van der Waals surface area contributed by atoms with Crippen LogP contribution in [0.4, 0.5) is 0 Å². The Bertz CT molecular complexity index is 1020. The SMILES string of the molecule is O=C(CC[C@H]1[C@H](OP(=O)(O)O)CC(=O)[C@@H]1C/C=C\CCCC(=O)OC1CC1)CS(=O)c1ccccc1. The zero-order valence-electron chi connectivity index (χ0n) is 20.0. The number of esters is 1. The van der Waals surface area contributed by atoms with E-state index in [0.29, 0.717) is 30.6 Å². The normalized spacial score (nSPS) is 23.2. The van der Waals surface area contributed by atoms with Crippen molar-refractivity contribution >= 4 is 36.2 Å². The molecule has 2 fully saturated rings. The average Bonchev–Trinajstić information content (AvgIpc) is 3.57. The Balaban J connectivity index is 1.51. The molecule has 4 atom stereocenters. The van der Waals surface area contributed by atoms with E-state index in [1.807, 2.05) is 12.2 Å². The van der Waals surface area contributed by atoms with Crippen LogP contribution in [0, 0.1) is 11.8 Å². The van der Waals surface area contributed by atoms with Crippen LogP contribution < -0.4 is 0 Å². The van der Waals surface area contributed by atoms with Gasteiger partial charge in [-0.1, -0.05) is 30.4 Å². The lowest BCUT2D eigenvalue weighted by Crippen LogP contribution is -2.24. The third-order valence-corrected chi connectivity index (χ3v) is 8.20. The van der Waals surface area contributed by atoms with Gasteiger partial charge in [-0.05, 0) is 56.6 Å². The first-order valence-corrected chi connectivity index (χ1v) is 15.0. The summed E-state index contributed by atoms with van der Waals surface area (Å²) in [6.45, 7) is 0. The van der Waals surface area contributed by atoms with Crippen molar-refractivity contribution in [2.75, 3.05) is 5.75 Å². The summed E-state index contributed by atoms with van der Waals surface area (Å²) in [5, 5.41) is 0. The summed E-state index contributed by atoms with van der Waals surface area (Å²) in [6.07, 6.45) is 6.72. The molecule has 9 nitrogen and oxygen atoms in total. The molecule has 0 aromatic heterocycles. The van der Waals surface area contributed by atoms with Gasteiger partial charge in [0.05, 0.1) is 22.7 Å². The standard InChI is InChI=1S/C25H33O9PS/c26-18(17-36(32)20-8-4-3-5-9-20)12-15-22-21(23(27)16-24(22)34-35(29,30)31)10-6-1-2-7-11-25(28)33-19-13-14-19/h1,3-6,8-9,19,21-22,24H,2,7,10-17H2,(H2,29,30,31)/b6-1-/t21-,22-,24-,36?/m1/s1. The third kappa shape index (κ3) is 9.82. The van der Waals surface area contributed by atoms with Crippen LogP contribution in [0.1, 0.15) is 57.8 Å². The van der Waals surface area contributed by atoms with Crippen LogP contribution in [0.5, 0.6) is 0 Å². The van der Waals surface area contributed by atoms with E-state index in [4.69, 9.17) is 9.26 Å². The molecular formula is C25H33O9PS. The van der Waals surface area contributed by atoms with E-state index in [2.05, 4.69) is 0 Å². The molecule has 2 saturated carbocycles. The number of Topliss-reactive ketones (excluding diaryl/α,β-unsaturated/α-hetero) is 2. The zero-order chi connectivity index (χ0) is 26.1. The molecule has 11 heteroatoms. The third-order valence-electron chi connectivity index (χ3n) is 6.27. The van der Waals surface area contributed by atoms with Crippen LogP contribution in [-0.4, -0.2) is 49.5 Å². The van der Waals surface area contributed by atoms with Crippen molar-refractivity contribution in [2.45, 2.75) is 74.9 Å². The molecule has 2 aliphatic rings. The minimum atomic E-state index is -4.82. The number of carbonyl (C=O) groups is 3. The molecule has 0 spiro atoms. The number of hydrogen-bond acceptors (Lipinski definition) is 7. The maximum Gasteiger partial charge on any atom is 0.469 e. The summed E-state index contributed by atoms with van der Waals surface area (Å²) < 4.78 is 34.0. The number of carbonyl (C=O) groups excluding carboxylic acids is 3. The Morgan fingerprint density at radius 2 is 1.83 bits per heavy atom. The van der Waals surface area contributed by atoms with Crippen LogP contribution in [0.3, 0.4) is 0 Å². The van der Waals surface area contributed by atoms with Gasteiger partial charge < -0.3 is 14.5 Å². The number of phosphoric ester groups is 1. The van der Waals surface area contributed by atoms with E-state index in [9.17, 15) is 32.9 Å². The highest BCUT2D eigenvalue weighted by Crippen LogP contribution is 2.46. The fraction of sp³-hybridized carbons (Fsp3) is 0.560. The minimum Gasteiger partial charge on any atom is -0.462 e. The molecule has 1 unspecified atom stereocenters. The quantitative estimate of drug-likeness (QED) is 0.147. The summed E-state index contributed by atoms with van der Waals surface area (Å²) >= 11 is 0. The number of hydrogen-bond donors (Lipinski definition) is 2. The number of ketones is 2. The van der Waals surface area contributed by atoms with E-state index in [-0.39, 0.29) is 48.7 Å². The van der Waals surface area contributed by atoms with Gasteiger partial charge in [0, 0.05) is 30.1 Å². The second-order valence-corrected chi connectivity index (χ2v) is 11.9. The fourth-order valence-corrected chi connectivity index (χ4v) is 5.99. The van der Waals surface area contributed by atoms with Gasteiger partial charge in [-0.2, -0.15) is 0 Å². The van der Waals surface area contributed by atoms with E-state index >= 15 is 0 Å². The van der Waals surface area contributed by atoms with E-state index in [1.54, 1.807) is 30.3 Å².